The van der Waals surface area contributed by atoms with E-state index < -0.39 is 0 Å². The number of methoxy groups -OCH3 is 1. The number of nitrogens with zero attached hydrogens (tertiary/aromatic N) is 2. The van der Waals surface area contributed by atoms with Gasteiger partial charge < -0.3 is 4.74 Å². The Morgan fingerprint density at radius 1 is 1.54 bits per heavy atom. The van der Waals surface area contributed by atoms with Crippen molar-refractivity contribution in [2.45, 2.75) is 0 Å². The maximum Gasteiger partial charge on any atom is 0.214 e. The van der Waals surface area contributed by atoms with Crippen LogP contribution in [0.5, 0.6) is 0 Å². The summed E-state index contributed by atoms with van der Waals surface area (Å²) in [5, 5.41) is 0. The van der Waals surface area contributed by atoms with E-state index in [0.29, 0.717) is 11.6 Å². The molecule has 1 unspecified atom stereocenters. The second kappa shape index (κ2) is 2.97. The molecule has 0 N–H and O–H groups in total. The number of hydrogen-bond donors (Lipinski definition) is 0. The second-order valence-electron chi connectivity index (χ2n) is 2.71. The highest BCUT2D eigenvalue weighted by Crippen LogP contribution is 2.15. The number of carbonyl (C=O) groups is 1. The van der Waals surface area contributed by atoms with E-state index in [2.05, 4.69) is 9.98 Å². The number of carbonyl (C=O) groups excluding carboxylic acids is 1. The monoisotopic (exact) mass is 176 g/mol. The first-order valence-corrected chi connectivity index (χ1v) is 3.89. The van der Waals surface area contributed by atoms with E-state index in [1.54, 1.807) is 12.3 Å². The molecule has 0 radical (unpaired) electrons. The van der Waals surface area contributed by atoms with Gasteiger partial charge in [-0.25, -0.2) is 4.99 Å². The summed E-state index contributed by atoms with van der Waals surface area (Å²) in [7, 11) is 1.53. The first-order chi connectivity index (χ1) is 6.31. The lowest BCUT2D eigenvalue weighted by atomic mass is 9.96. The number of allylic oxidation sites excluding steroid dienone is 2. The van der Waals surface area contributed by atoms with Crippen LogP contribution in [0.1, 0.15) is 0 Å². The van der Waals surface area contributed by atoms with Crippen LogP contribution in [0.3, 0.4) is 0 Å². The van der Waals surface area contributed by atoms with Gasteiger partial charge >= 0.3 is 0 Å². The quantitative estimate of drug-likeness (QED) is 0.590. The molecule has 2 aliphatic rings. The molecular formula is C9H8N2O2. The van der Waals surface area contributed by atoms with Gasteiger partial charge in [-0.1, -0.05) is 0 Å². The summed E-state index contributed by atoms with van der Waals surface area (Å²) in [6.07, 6.45) is 6.18. The molecule has 0 aromatic carbocycles. The summed E-state index contributed by atoms with van der Waals surface area (Å²) in [6, 6.07) is 0. The van der Waals surface area contributed by atoms with E-state index in [1.165, 1.54) is 19.4 Å². The zero-order chi connectivity index (χ0) is 9.26. The van der Waals surface area contributed by atoms with Crippen LogP contribution in [-0.2, 0) is 9.53 Å². The number of hydrogen-bond acceptors (Lipinski definition) is 4. The molecule has 4 heteroatoms. The van der Waals surface area contributed by atoms with Gasteiger partial charge in [0.05, 0.1) is 18.7 Å². The molecule has 0 aromatic heterocycles. The van der Waals surface area contributed by atoms with Crippen LogP contribution in [0.15, 0.2) is 34.2 Å². The molecule has 0 amide bonds. The van der Waals surface area contributed by atoms with Crippen LogP contribution < -0.4 is 0 Å². The molecule has 0 fully saturated rings. The van der Waals surface area contributed by atoms with Crippen molar-refractivity contribution < 1.29 is 9.53 Å². The third kappa shape index (κ3) is 1.30. The standard InChI is InChI=1S/C9H8N2O2/c1-13-9-4-7-6(5-11-9)8(12)2-3-10-7/h2-6H,1H3. The number of aliphatic imine (C=N–C) groups is 2. The smallest absolute Gasteiger partial charge is 0.214 e. The molecule has 1 atom stereocenters. The summed E-state index contributed by atoms with van der Waals surface area (Å²) in [5.74, 6) is 0.183. The summed E-state index contributed by atoms with van der Waals surface area (Å²) in [4.78, 5) is 19.3. The predicted molar refractivity (Wildman–Crippen MR) is 48.7 cm³/mol. The minimum atomic E-state index is -0.316. The number of ketones is 1. The predicted octanol–water partition coefficient (Wildman–Crippen LogP) is 0.712. The third-order valence-corrected chi connectivity index (χ3v) is 1.92. The zero-order valence-electron chi connectivity index (χ0n) is 7.10. The van der Waals surface area contributed by atoms with Crippen LogP contribution >= 0.6 is 0 Å². The lowest BCUT2D eigenvalue weighted by Gasteiger charge is -2.16. The highest BCUT2D eigenvalue weighted by molar-refractivity contribution is 6.25. The van der Waals surface area contributed by atoms with Crippen molar-refractivity contribution >= 4 is 17.7 Å². The summed E-state index contributed by atoms with van der Waals surface area (Å²) < 4.78 is 4.92. The second-order valence-corrected chi connectivity index (χ2v) is 2.71. The molecular weight excluding hydrogens is 168 g/mol. The van der Waals surface area contributed by atoms with Crippen LogP contribution in [0.2, 0.25) is 0 Å². The Labute approximate surface area is 75.3 Å². The van der Waals surface area contributed by atoms with Crippen LogP contribution in [-0.4, -0.2) is 24.8 Å². The van der Waals surface area contributed by atoms with Gasteiger partial charge in [0.2, 0.25) is 5.88 Å². The van der Waals surface area contributed by atoms with Gasteiger partial charge in [0, 0.05) is 24.6 Å². The lowest BCUT2D eigenvalue weighted by molar-refractivity contribution is -0.114. The molecule has 13 heavy (non-hydrogen) atoms. The Morgan fingerprint density at radius 3 is 3.15 bits per heavy atom. The van der Waals surface area contributed by atoms with Crippen molar-refractivity contribution in [3.63, 3.8) is 0 Å². The molecule has 2 rings (SSSR count). The normalized spacial score (nSPS) is 25.0. The first kappa shape index (κ1) is 7.91. The van der Waals surface area contributed by atoms with Gasteiger partial charge in [0.1, 0.15) is 0 Å². The Morgan fingerprint density at radius 2 is 2.38 bits per heavy atom. The van der Waals surface area contributed by atoms with Gasteiger partial charge in [-0.3, -0.25) is 9.79 Å². The van der Waals surface area contributed by atoms with Crippen LogP contribution in [0.25, 0.3) is 0 Å². The van der Waals surface area contributed by atoms with E-state index in [4.69, 9.17) is 4.74 Å². The Bertz CT molecular complexity index is 364. The van der Waals surface area contributed by atoms with Crippen LogP contribution in [0, 0.1) is 5.92 Å². The first-order valence-electron chi connectivity index (χ1n) is 3.89. The molecule has 66 valence electrons. The molecule has 2 heterocycles. The maximum absolute atomic E-state index is 11.3. The van der Waals surface area contributed by atoms with E-state index in [9.17, 15) is 4.79 Å². The zero-order valence-corrected chi connectivity index (χ0v) is 7.10. The molecule has 0 bridgehead atoms. The Kier molecular flexibility index (Phi) is 1.81. The van der Waals surface area contributed by atoms with Gasteiger partial charge in [-0.15, -0.1) is 0 Å². The van der Waals surface area contributed by atoms with E-state index in [1.807, 2.05) is 0 Å². The van der Waals surface area contributed by atoms with Crippen molar-refractivity contribution in [2.75, 3.05) is 7.11 Å². The lowest BCUT2D eigenvalue weighted by Crippen LogP contribution is -2.27. The van der Waals surface area contributed by atoms with Crippen molar-refractivity contribution in [1.82, 2.24) is 0 Å². The summed E-state index contributed by atoms with van der Waals surface area (Å²) in [6.45, 7) is 0. The third-order valence-electron chi connectivity index (χ3n) is 1.92. The van der Waals surface area contributed by atoms with Gasteiger partial charge in [0.15, 0.2) is 5.78 Å². The largest absolute Gasteiger partial charge is 0.481 e. The Hall–Kier alpha value is -1.71. The van der Waals surface area contributed by atoms with E-state index >= 15 is 0 Å². The fourth-order valence-electron chi connectivity index (χ4n) is 1.23. The number of rotatable bonds is 1. The fourth-order valence-corrected chi connectivity index (χ4v) is 1.23. The molecule has 0 spiro atoms. The van der Waals surface area contributed by atoms with Crippen molar-refractivity contribution in [1.29, 1.82) is 0 Å². The molecule has 4 nitrogen and oxygen atoms in total. The highest BCUT2D eigenvalue weighted by Gasteiger charge is 2.24. The van der Waals surface area contributed by atoms with E-state index in [0.717, 1.165) is 0 Å². The number of fused-ring (bicyclic) bond motifs is 1. The maximum atomic E-state index is 11.3. The van der Waals surface area contributed by atoms with Gasteiger partial charge in [-0.05, 0) is 0 Å². The minimum Gasteiger partial charge on any atom is -0.481 e. The fraction of sp³-hybridized carbons (Fsp3) is 0.222. The minimum absolute atomic E-state index is 0.0140. The Balaban J connectivity index is 2.36. The molecule has 0 saturated carbocycles. The van der Waals surface area contributed by atoms with Crippen molar-refractivity contribution in [2.24, 2.45) is 15.9 Å². The molecule has 0 saturated heterocycles. The van der Waals surface area contributed by atoms with Crippen molar-refractivity contribution in [3.05, 3.63) is 24.2 Å². The summed E-state index contributed by atoms with van der Waals surface area (Å²) in [5.41, 5.74) is 0.694. The SMILES string of the molecule is COC1=CC2=NC=CC(=O)C2C=N1. The average Bonchev–Trinajstić information content (AvgIpc) is 2.18. The summed E-state index contributed by atoms with van der Waals surface area (Å²) >= 11 is 0. The molecule has 0 aromatic rings. The molecule has 0 aliphatic carbocycles. The molecule has 2 aliphatic heterocycles. The average molecular weight is 176 g/mol. The highest BCUT2D eigenvalue weighted by atomic mass is 16.5. The number of ether oxygens (including phenoxy) is 1. The van der Waals surface area contributed by atoms with E-state index in [-0.39, 0.29) is 11.7 Å². The van der Waals surface area contributed by atoms with Crippen molar-refractivity contribution in [3.8, 4) is 0 Å². The van der Waals surface area contributed by atoms with Crippen LogP contribution in [0.4, 0.5) is 0 Å². The van der Waals surface area contributed by atoms with Gasteiger partial charge in [0.25, 0.3) is 0 Å². The topological polar surface area (TPSA) is 51.0 Å². The van der Waals surface area contributed by atoms with Gasteiger partial charge in [-0.2, -0.15) is 0 Å².